The van der Waals surface area contributed by atoms with Crippen LogP contribution in [0, 0.1) is 10.1 Å². The van der Waals surface area contributed by atoms with Crippen molar-refractivity contribution in [3.63, 3.8) is 0 Å². The molecule has 0 saturated heterocycles. The lowest BCUT2D eigenvalue weighted by Crippen LogP contribution is -2.54. The highest BCUT2D eigenvalue weighted by atomic mass is 16.6. The van der Waals surface area contributed by atoms with Gasteiger partial charge < -0.3 is 19.5 Å². The average molecular weight is 360 g/mol. The molecule has 0 aliphatic carbocycles. The Hall–Kier alpha value is -2.87. The third-order valence-corrected chi connectivity index (χ3v) is 4.52. The maximum atomic E-state index is 12.5. The quantitative estimate of drug-likeness (QED) is 0.490. The molecule has 0 radical (unpaired) electrons. The Labute approximate surface area is 150 Å². The summed E-state index contributed by atoms with van der Waals surface area (Å²) in [6.07, 6.45) is 1.85. The van der Waals surface area contributed by atoms with Gasteiger partial charge in [0, 0.05) is 23.8 Å². The number of hydrogen-bond donors (Lipinski definition) is 1. The van der Waals surface area contributed by atoms with Crippen LogP contribution in [0.1, 0.15) is 25.5 Å². The summed E-state index contributed by atoms with van der Waals surface area (Å²) in [5.41, 5.74) is -0.705. The zero-order valence-electron chi connectivity index (χ0n) is 14.5. The number of aliphatic hydroxyl groups is 1. The summed E-state index contributed by atoms with van der Waals surface area (Å²) in [5.74, 6) is 0.533. The molecule has 1 N–H and O–H groups in total. The number of benzene rings is 1. The second-order valence-corrected chi connectivity index (χ2v) is 6.75. The molecule has 8 nitrogen and oxygen atoms in total. The van der Waals surface area contributed by atoms with E-state index in [0.717, 1.165) is 0 Å². The molecule has 138 valence electrons. The standard InChI is InChI=1S/C18H20N2O6/c1-4-7-25-12-9-15(21)19(10-12)16-13-8-11(20(23)24)5-6-14(13)26-18(2,3)17(16)22/h4-6,8-9,16-17,22H,1,7,10H2,2-3H3/t16-,17+/m0/s1. The lowest BCUT2D eigenvalue weighted by molar-refractivity contribution is -0.385. The number of amides is 1. The predicted molar refractivity (Wildman–Crippen MR) is 92.5 cm³/mol. The number of non-ortho nitro benzene ring substituents is 1. The highest BCUT2D eigenvalue weighted by molar-refractivity contribution is 5.91. The molecule has 0 spiro atoms. The first-order chi connectivity index (χ1) is 12.2. The van der Waals surface area contributed by atoms with E-state index in [1.165, 1.54) is 29.2 Å². The van der Waals surface area contributed by atoms with E-state index in [9.17, 15) is 20.0 Å². The molecule has 2 aliphatic heterocycles. The molecule has 2 aliphatic rings. The Morgan fingerprint density at radius 3 is 2.92 bits per heavy atom. The largest absolute Gasteiger partial charge is 0.492 e. The number of rotatable bonds is 5. The van der Waals surface area contributed by atoms with E-state index in [0.29, 0.717) is 17.1 Å². The Bertz CT molecular complexity index is 801. The Morgan fingerprint density at radius 2 is 2.27 bits per heavy atom. The number of fused-ring (bicyclic) bond motifs is 1. The number of carbonyl (C=O) groups is 1. The minimum atomic E-state index is -1.08. The van der Waals surface area contributed by atoms with E-state index in [4.69, 9.17) is 9.47 Å². The van der Waals surface area contributed by atoms with E-state index >= 15 is 0 Å². The Balaban J connectivity index is 2.00. The molecule has 1 amide bonds. The predicted octanol–water partition coefficient (Wildman–Crippen LogP) is 2.10. The van der Waals surface area contributed by atoms with Gasteiger partial charge in [-0.2, -0.15) is 0 Å². The minimum absolute atomic E-state index is 0.132. The summed E-state index contributed by atoms with van der Waals surface area (Å²) < 4.78 is 11.3. The van der Waals surface area contributed by atoms with Crippen molar-refractivity contribution < 1.29 is 24.3 Å². The SMILES string of the molecule is C=CCOC1=CC(=O)N([C@H]2c3cc([N+](=O)[O-])ccc3OC(C)(C)[C@@H]2O)C1. The summed E-state index contributed by atoms with van der Waals surface area (Å²) in [4.78, 5) is 24.5. The summed E-state index contributed by atoms with van der Waals surface area (Å²) in [7, 11) is 0. The first-order valence-electron chi connectivity index (χ1n) is 8.15. The fraction of sp³-hybridized carbons (Fsp3) is 0.389. The van der Waals surface area contributed by atoms with E-state index < -0.39 is 22.7 Å². The summed E-state index contributed by atoms with van der Waals surface area (Å²) in [5, 5.41) is 22.0. The second-order valence-electron chi connectivity index (χ2n) is 6.75. The zero-order valence-corrected chi connectivity index (χ0v) is 14.5. The maximum Gasteiger partial charge on any atom is 0.270 e. The van der Waals surface area contributed by atoms with Gasteiger partial charge in [0.2, 0.25) is 0 Å². The van der Waals surface area contributed by atoms with Crippen molar-refractivity contribution in [3.8, 4) is 5.75 Å². The van der Waals surface area contributed by atoms with Crippen molar-refractivity contribution in [2.24, 2.45) is 0 Å². The van der Waals surface area contributed by atoms with Crippen LogP contribution in [0.2, 0.25) is 0 Å². The number of nitrogens with zero attached hydrogens (tertiary/aromatic N) is 2. The van der Waals surface area contributed by atoms with Crippen LogP contribution in [-0.4, -0.2) is 45.7 Å². The number of hydrogen-bond acceptors (Lipinski definition) is 6. The van der Waals surface area contributed by atoms with Crippen molar-refractivity contribution in [1.82, 2.24) is 4.90 Å². The smallest absolute Gasteiger partial charge is 0.270 e. The molecule has 0 bridgehead atoms. The van der Waals surface area contributed by atoms with E-state index in [1.807, 2.05) is 0 Å². The number of nitro benzene ring substituents is 1. The molecule has 8 heteroatoms. The number of carbonyl (C=O) groups excluding carboxylic acids is 1. The van der Waals surface area contributed by atoms with Crippen molar-refractivity contribution >= 4 is 11.6 Å². The first-order valence-corrected chi connectivity index (χ1v) is 8.15. The Morgan fingerprint density at radius 1 is 1.54 bits per heavy atom. The van der Waals surface area contributed by atoms with Crippen LogP contribution >= 0.6 is 0 Å². The molecule has 0 unspecified atom stereocenters. The van der Waals surface area contributed by atoms with Gasteiger partial charge in [-0.3, -0.25) is 14.9 Å². The van der Waals surface area contributed by atoms with Gasteiger partial charge >= 0.3 is 0 Å². The van der Waals surface area contributed by atoms with Crippen LogP contribution in [0.4, 0.5) is 5.69 Å². The topological polar surface area (TPSA) is 102 Å². The van der Waals surface area contributed by atoms with Crippen LogP contribution in [0.5, 0.6) is 5.75 Å². The first kappa shape index (κ1) is 17.9. The lowest BCUT2D eigenvalue weighted by Gasteiger charge is -2.45. The van der Waals surface area contributed by atoms with E-state index in [2.05, 4.69) is 6.58 Å². The molecule has 2 atom stereocenters. The molecule has 2 heterocycles. The lowest BCUT2D eigenvalue weighted by atomic mass is 9.85. The fourth-order valence-corrected chi connectivity index (χ4v) is 3.21. The van der Waals surface area contributed by atoms with Crippen molar-refractivity contribution in [2.75, 3.05) is 13.2 Å². The zero-order chi connectivity index (χ0) is 19.1. The molecular weight excluding hydrogens is 340 g/mol. The summed E-state index contributed by atoms with van der Waals surface area (Å²) >= 11 is 0. The van der Waals surface area contributed by atoms with Crippen molar-refractivity contribution in [3.05, 3.63) is 58.4 Å². The minimum Gasteiger partial charge on any atom is -0.492 e. The van der Waals surface area contributed by atoms with Gasteiger partial charge in [-0.25, -0.2) is 0 Å². The van der Waals surface area contributed by atoms with Gasteiger partial charge in [0.25, 0.3) is 11.6 Å². The van der Waals surface area contributed by atoms with Crippen molar-refractivity contribution in [2.45, 2.75) is 31.6 Å². The highest BCUT2D eigenvalue weighted by Gasteiger charge is 2.48. The summed E-state index contributed by atoms with van der Waals surface area (Å²) in [6, 6.07) is 3.39. The fourth-order valence-electron chi connectivity index (χ4n) is 3.21. The van der Waals surface area contributed by atoms with Gasteiger partial charge in [0.15, 0.2) is 0 Å². The van der Waals surface area contributed by atoms with E-state index in [1.54, 1.807) is 19.9 Å². The average Bonchev–Trinajstić information content (AvgIpc) is 2.94. The Kier molecular flexibility index (Phi) is 4.45. The van der Waals surface area contributed by atoms with Gasteiger partial charge in [-0.1, -0.05) is 12.7 Å². The van der Waals surface area contributed by atoms with Crippen LogP contribution in [0.15, 0.2) is 42.7 Å². The van der Waals surface area contributed by atoms with Crippen molar-refractivity contribution in [1.29, 1.82) is 0 Å². The summed E-state index contributed by atoms with van der Waals surface area (Å²) in [6.45, 7) is 7.40. The third kappa shape index (κ3) is 3.03. The van der Waals surface area contributed by atoms with Gasteiger partial charge in [-0.05, 0) is 19.9 Å². The monoisotopic (exact) mass is 360 g/mol. The number of aliphatic hydroxyl groups excluding tert-OH is 1. The molecular formula is C18H20N2O6. The van der Waals surface area contributed by atoms with E-state index in [-0.39, 0.29) is 24.7 Å². The third-order valence-electron chi connectivity index (χ3n) is 4.52. The molecule has 1 aromatic carbocycles. The number of nitro groups is 1. The van der Waals surface area contributed by atoms with Crippen LogP contribution in [-0.2, 0) is 9.53 Å². The maximum absolute atomic E-state index is 12.5. The molecule has 0 aromatic heterocycles. The molecule has 3 rings (SSSR count). The molecule has 1 aromatic rings. The van der Waals surface area contributed by atoms with Gasteiger partial charge in [-0.15, -0.1) is 0 Å². The van der Waals surface area contributed by atoms with Crippen LogP contribution < -0.4 is 4.74 Å². The number of ether oxygens (including phenoxy) is 2. The molecule has 0 fully saturated rings. The van der Waals surface area contributed by atoms with Gasteiger partial charge in [0.1, 0.15) is 29.8 Å². The second kappa shape index (κ2) is 6.45. The highest BCUT2D eigenvalue weighted by Crippen LogP contribution is 2.45. The van der Waals surface area contributed by atoms with Crippen LogP contribution in [0.3, 0.4) is 0 Å². The van der Waals surface area contributed by atoms with Gasteiger partial charge in [0.05, 0.1) is 17.5 Å². The normalized spacial score (nSPS) is 23.7. The molecule has 26 heavy (non-hydrogen) atoms. The molecule has 0 saturated carbocycles. The van der Waals surface area contributed by atoms with Crippen LogP contribution in [0.25, 0.3) is 0 Å².